The lowest BCUT2D eigenvalue weighted by Crippen LogP contribution is -2.27. The number of hydrogen-bond donors (Lipinski definition) is 3. The van der Waals surface area contributed by atoms with Crippen LogP contribution in [0.2, 0.25) is 0 Å². The van der Waals surface area contributed by atoms with Gasteiger partial charge >= 0.3 is 6.09 Å². The highest BCUT2D eigenvalue weighted by Crippen LogP contribution is 2.27. The maximum atomic E-state index is 12.7. The Morgan fingerprint density at radius 3 is 2.81 bits per heavy atom. The highest BCUT2D eigenvalue weighted by Gasteiger charge is 2.24. The van der Waals surface area contributed by atoms with E-state index in [0.29, 0.717) is 10.6 Å². The average molecular weight is 371 g/mol. The summed E-state index contributed by atoms with van der Waals surface area (Å²) >= 11 is 1.28. The molecular formula is C18H17N3O4S. The first-order valence-corrected chi connectivity index (χ1v) is 8.65. The normalized spacial score (nSPS) is 11.9. The summed E-state index contributed by atoms with van der Waals surface area (Å²) in [5.74, 6) is -1.05. The Balaban J connectivity index is 1.82. The van der Waals surface area contributed by atoms with E-state index in [9.17, 15) is 14.7 Å². The maximum Gasteiger partial charge on any atom is 0.404 e. The SMILES string of the molecule is NC(=O)OCC(C(=O)Nc1ccc2cnccc2c1)c1ccc(CO)s1. The van der Waals surface area contributed by atoms with Crippen LogP contribution in [0.25, 0.3) is 10.8 Å². The highest BCUT2D eigenvalue weighted by atomic mass is 32.1. The van der Waals surface area contributed by atoms with Crippen molar-refractivity contribution in [2.75, 3.05) is 11.9 Å². The van der Waals surface area contributed by atoms with Gasteiger partial charge in [-0.1, -0.05) is 6.07 Å². The summed E-state index contributed by atoms with van der Waals surface area (Å²) in [6.45, 7) is -0.293. The number of ether oxygens (including phenoxy) is 1. The minimum absolute atomic E-state index is 0.117. The number of aromatic nitrogens is 1. The lowest BCUT2D eigenvalue weighted by molar-refractivity contribution is -0.118. The molecule has 0 bridgehead atoms. The number of rotatable bonds is 6. The molecule has 1 unspecified atom stereocenters. The van der Waals surface area contributed by atoms with Gasteiger partial charge in [0.05, 0.1) is 6.61 Å². The number of anilines is 1. The second-order valence-corrected chi connectivity index (χ2v) is 6.77. The number of primary amides is 1. The maximum absolute atomic E-state index is 12.7. The molecule has 0 saturated carbocycles. The van der Waals surface area contributed by atoms with Crippen molar-refractivity contribution in [1.82, 2.24) is 4.98 Å². The van der Waals surface area contributed by atoms with Crippen LogP contribution in [0.4, 0.5) is 10.5 Å². The molecule has 0 aliphatic rings. The Bertz CT molecular complexity index is 941. The number of amides is 2. The van der Waals surface area contributed by atoms with Crippen LogP contribution in [-0.2, 0) is 16.1 Å². The number of nitrogens with two attached hydrogens (primary N) is 1. The monoisotopic (exact) mass is 371 g/mol. The van der Waals surface area contributed by atoms with Crippen LogP contribution in [-0.4, -0.2) is 28.7 Å². The summed E-state index contributed by atoms with van der Waals surface area (Å²) in [5, 5.41) is 14.0. The number of hydrogen-bond acceptors (Lipinski definition) is 6. The third-order valence-electron chi connectivity index (χ3n) is 3.80. The van der Waals surface area contributed by atoms with E-state index < -0.39 is 12.0 Å². The van der Waals surface area contributed by atoms with Gasteiger partial charge in [0.1, 0.15) is 12.5 Å². The molecule has 0 aliphatic carbocycles. The topological polar surface area (TPSA) is 115 Å². The Kier molecular flexibility index (Phi) is 5.45. The Labute approximate surface area is 153 Å². The molecule has 2 amide bonds. The van der Waals surface area contributed by atoms with Gasteiger partial charge in [-0.15, -0.1) is 11.3 Å². The summed E-state index contributed by atoms with van der Waals surface area (Å²) in [6.07, 6.45) is 2.48. The van der Waals surface area contributed by atoms with E-state index in [1.807, 2.05) is 18.2 Å². The molecule has 0 aliphatic heterocycles. The Morgan fingerprint density at radius 2 is 2.08 bits per heavy atom. The molecule has 1 aromatic carbocycles. The minimum Gasteiger partial charge on any atom is -0.448 e. The van der Waals surface area contributed by atoms with Gasteiger partial charge in [0.15, 0.2) is 0 Å². The molecule has 4 N–H and O–H groups in total. The fourth-order valence-corrected chi connectivity index (χ4v) is 3.47. The fraction of sp³-hybridized carbons (Fsp3) is 0.167. The second kappa shape index (κ2) is 7.94. The predicted octanol–water partition coefficient (Wildman–Crippen LogP) is 2.61. The zero-order valence-corrected chi connectivity index (χ0v) is 14.5. The van der Waals surface area contributed by atoms with Crippen molar-refractivity contribution in [2.24, 2.45) is 5.73 Å². The van der Waals surface area contributed by atoms with Gasteiger partial charge in [-0.05, 0) is 35.7 Å². The van der Waals surface area contributed by atoms with E-state index in [-0.39, 0.29) is 19.1 Å². The first-order chi connectivity index (χ1) is 12.6. The number of fused-ring (bicyclic) bond motifs is 1. The van der Waals surface area contributed by atoms with Crippen molar-refractivity contribution in [3.63, 3.8) is 0 Å². The van der Waals surface area contributed by atoms with Gasteiger partial charge in [0.2, 0.25) is 5.91 Å². The number of nitrogens with zero attached hydrogens (tertiary/aromatic N) is 1. The van der Waals surface area contributed by atoms with E-state index in [1.165, 1.54) is 11.3 Å². The first kappa shape index (κ1) is 17.8. The van der Waals surface area contributed by atoms with Crippen molar-refractivity contribution in [1.29, 1.82) is 0 Å². The van der Waals surface area contributed by atoms with E-state index in [4.69, 9.17) is 10.5 Å². The number of carbonyl (C=O) groups is 2. The van der Waals surface area contributed by atoms with Gasteiger partial charge in [0.25, 0.3) is 0 Å². The number of carbonyl (C=O) groups excluding carboxylic acids is 2. The highest BCUT2D eigenvalue weighted by molar-refractivity contribution is 7.12. The summed E-state index contributed by atoms with van der Waals surface area (Å²) in [4.78, 5) is 29.1. The van der Waals surface area contributed by atoms with Crippen LogP contribution in [0.5, 0.6) is 0 Å². The number of pyridine rings is 1. The second-order valence-electron chi connectivity index (χ2n) is 5.57. The summed E-state index contributed by atoms with van der Waals surface area (Å²) in [6, 6.07) is 10.8. The van der Waals surface area contributed by atoms with Crippen molar-refractivity contribution in [3.05, 3.63) is 58.5 Å². The number of benzene rings is 1. The molecule has 134 valence electrons. The van der Waals surface area contributed by atoms with Crippen LogP contribution in [0.1, 0.15) is 15.7 Å². The van der Waals surface area contributed by atoms with E-state index in [0.717, 1.165) is 15.6 Å². The molecule has 2 heterocycles. The van der Waals surface area contributed by atoms with Crippen LogP contribution in [0.15, 0.2) is 48.8 Å². The van der Waals surface area contributed by atoms with Crippen LogP contribution in [0, 0.1) is 0 Å². The summed E-state index contributed by atoms with van der Waals surface area (Å²) < 4.78 is 4.84. The number of aliphatic hydroxyl groups excluding tert-OH is 1. The quantitative estimate of drug-likeness (QED) is 0.616. The fourth-order valence-electron chi connectivity index (χ4n) is 2.51. The van der Waals surface area contributed by atoms with Crippen molar-refractivity contribution < 1.29 is 19.4 Å². The zero-order chi connectivity index (χ0) is 18.5. The van der Waals surface area contributed by atoms with Gasteiger partial charge in [-0.3, -0.25) is 9.78 Å². The summed E-state index contributed by atoms with van der Waals surface area (Å²) in [7, 11) is 0. The van der Waals surface area contributed by atoms with Crippen LogP contribution >= 0.6 is 11.3 Å². The van der Waals surface area contributed by atoms with Crippen molar-refractivity contribution in [2.45, 2.75) is 12.5 Å². The molecule has 0 saturated heterocycles. The predicted molar refractivity (Wildman–Crippen MR) is 98.9 cm³/mol. The lowest BCUT2D eigenvalue weighted by Gasteiger charge is -2.15. The van der Waals surface area contributed by atoms with Gasteiger partial charge in [-0.2, -0.15) is 0 Å². The molecule has 0 fully saturated rings. The molecule has 1 atom stereocenters. The number of thiophene rings is 1. The summed E-state index contributed by atoms with van der Waals surface area (Å²) in [5.41, 5.74) is 5.65. The minimum atomic E-state index is -0.944. The van der Waals surface area contributed by atoms with Gasteiger partial charge in [0, 0.05) is 33.2 Å². The van der Waals surface area contributed by atoms with Crippen molar-refractivity contribution in [3.8, 4) is 0 Å². The van der Waals surface area contributed by atoms with Crippen molar-refractivity contribution >= 4 is 39.8 Å². The number of aliphatic hydroxyl groups is 1. The molecule has 26 heavy (non-hydrogen) atoms. The zero-order valence-electron chi connectivity index (χ0n) is 13.7. The Morgan fingerprint density at radius 1 is 1.23 bits per heavy atom. The molecular weight excluding hydrogens is 354 g/mol. The van der Waals surface area contributed by atoms with Gasteiger partial charge < -0.3 is 20.9 Å². The van der Waals surface area contributed by atoms with E-state index in [1.54, 1.807) is 30.6 Å². The van der Waals surface area contributed by atoms with Gasteiger partial charge in [-0.25, -0.2) is 4.79 Å². The molecule has 0 radical (unpaired) electrons. The largest absolute Gasteiger partial charge is 0.448 e. The van der Waals surface area contributed by atoms with Crippen LogP contribution in [0.3, 0.4) is 0 Å². The van der Waals surface area contributed by atoms with Crippen LogP contribution < -0.4 is 11.1 Å². The molecule has 8 heteroatoms. The van der Waals surface area contributed by atoms with E-state index in [2.05, 4.69) is 10.3 Å². The molecule has 7 nitrogen and oxygen atoms in total. The third-order valence-corrected chi connectivity index (χ3v) is 4.98. The molecule has 3 rings (SSSR count). The molecule has 2 aromatic heterocycles. The van der Waals surface area contributed by atoms with E-state index >= 15 is 0 Å². The smallest absolute Gasteiger partial charge is 0.404 e. The Hall–Kier alpha value is -2.97. The molecule has 3 aromatic rings. The average Bonchev–Trinajstić information content (AvgIpc) is 3.10. The third kappa shape index (κ3) is 4.16. The number of nitrogens with one attached hydrogen (secondary N) is 1. The standard InChI is InChI=1S/C18H17N3O4S/c19-18(24)25-10-15(16-4-3-14(9-22)26-16)17(23)21-13-2-1-12-8-20-6-5-11(12)7-13/h1-8,15,22H,9-10H2,(H2,19,24)(H,21,23). The first-order valence-electron chi connectivity index (χ1n) is 7.83. The lowest BCUT2D eigenvalue weighted by atomic mass is 10.1. The molecule has 0 spiro atoms.